The molecule has 0 heterocycles. The fraction of sp³-hybridized carbons (Fsp3) is 0.417. The lowest BCUT2D eigenvalue weighted by molar-refractivity contribution is 0.151. The van der Waals surface area contributed by atoms with Gasteiger partial charge in [0.15, 0.2) is 0 Å². The fourth-order valence-corrected chi connectivity index (χ4v) is 1.11. The maximum absolute atomic E-state index is 12.4. The van der Waals surface area contributed by atoms with Crippen LogP contribution in [0.1, 0.15) is 43.9 Å². The lowest BCUT2D eigenvalue weighted by atomic mass is 10.0. The summed E-state index contributed by atoms with van der Waals surface area (Å²) in [6.45, 7) is 5.89. The van der Waals surface area contributed by atoms with Gasteiger partial charge in [0.05, 0.1) is 11.6 Å². The summed E-state index contributed by atoms with van der Waals surface area (Å²) in [6, 6.07) is 6.28. The molecule has 0 bridgehead atoms. The van der Waals surface area contributed by atoms with E-state index in [1.807, 2.05) is 20.8 Å². The molecule has 82 valence electrons. The van der Waals surface area contributed by atoms with E-state index in [1.165, 1.54) is 12.1 Å². The Kier molecular flexibility index (Phi) is 6.28. The summed E-state index contributed by atoms with van der Waals surface area (Å²) in [5.41, 5.74) is 0.725. The standard InChI is InChI=1S/C10H9F2N.C2H6/c1-2-7-3-4-8(6-13)9(5-7)10(11)12;1-2/h3-5,10H,2H2,1H3;1-2H3. The second-order valence-corrected chi connectivity index (χ2v) is 2.69. The molecule has 0 unspecified atom stereocenters. The molecule has 0 aliphatic carbocycles. The molecule has 0 radical (unpaired) electrons. The highest BCUT2D eigenvalue weighted by Gasteiger charge is 2.12. The van der Waals surface area contributed by atoms with Crippen molar-refractivity contribution in [1.82, 2.24) is 0 Å². The number of rotatable bonds is 2. The van der Waals surface area contributed by atoms with Crippen molar-refractivity contribution in [3.8, 4) is 6.07 Å². The fourth-order valence-electron chi connectivity index (χ4n) is 1.11. The predicted octanol–water partition coefficient (Wildman–Crippen LogP) is 4.08. The molecule has 0 atom stereocenters. The van der Waals surface area contributed by atoms with Crippen LogP contribution in [-0.2, 0) is 6.42 Å². The average molecular weight is 211 g/mol. The van der Waals surface area contributed by atoms with Crippen LogP contribution in [-0.4, -0.2) is 0 Å². The molecule has 0 spiro atoms. The second kappa shape index (κ2) is 6.94. The average Bonchev–Trinajstić information content (AvgIpc) is 2.30. The Morgan fingerprint density at radius 3 is 2.33 bits per heavy atom. The predicted molar refractivity (Wildman–Crippen MR) is 56.8 cm³/mol. The number of hydrogen-bond donors (Lipinski definition) is 0. The number of alkyl halides is 2. The summed E-state index contributed by atoms with van der Waals surface area (Å²) in [5.74, 6) is 0. The van der Waals surface area contributed by atoms with Crippen LogP contribution in [0.25, 0.3) is 0 Å². The summed E-state index contributed by atoms with van der Waals surface area (Å²) in [4.78, 5) is 0. The first-order chi connectivity index (χ1) is 7.19. The first kappa shape index (κ1) is 13.6. The minimum Gasteiger partial charge on any atom is -0.205 e. The van der Waals surface area contributed by atoms with Crippen molar-refractivity contribution in [3.63, 3.8) is 0 Å². The largest absolute Gasteiger partial charge is 0.265 e. The molecule has 0 aliphatic rings. The minimum atomic E-state index is -2.57. The summed E-state index contributed by atoms with van der Waals surface area (Å²) >= 11 is 0. The molecule has 1 aromatic rings. The van der Waals surface area contributed by atoms with Crippen molar-refractivity contribution < 1.29 is 8.78 Å². The number of aryl methyl sites for hydroxylation is 1. The van der Waals surface area contributed by atoms with Gasteiger partial charge in [-0.2, -0.15) is 5.26 Å². The third-order valence-electron chi connectivity index (χ3n) is 1.88. The maximum atomic E-state index is 12.4. The Hall–Kier alpha value is -1.43. The van der Waals surface area contributed by atoms with E-state index in [9.17, 15) is 8.78 Å². The highest BCUT2D eigenvalue weighted by molar-refractivity contribution is 5.41. The Morgan fingerprint density at radius 2 is 1.93 bits per heavy atom. The van der Waals surface area contributed by atoms with Crippen LogP contribution < -0.4 is 0 Å². The molecule has 3 heteroatoms. The molecule has 0 fully saturated rings. The van der Waals surface area contributed by atoms with E-state index < -0.39 is 6.43 Å². The number of hydrogen-bond acceptors (Lipinski definition) is 1. The number of nitriles is 1. The molecule has 0 aliphatic heterocycles. The normalized spacial score (nSPS) is 9.13. The Labute approximate surface area is 89.4 Å². The second-order valence-electron chi connectivity index (χ2n) is 2.69. The lowest BCUT2D eigenvalue weighted by Gasteiger charge is -2.04. The molecule has 0 saturated carbocycles. The van der Waals surface area contributed by atoms with Crippen LogP contribution in [0.4, 0.5) is 8.78 Å². The minimum absolute atomic E-state index is 0.0622. The number of benzene rings is 1. The van der Waals surface area contributed by atoms with E-state index in [4.69, 9.17) is 5.26 Å². The molecule has 1 rings (SSSR count). The van der Waals surface area contributed by atoms with Crippen molar-refractivity contribution in [2.75, 3.05) is 0 Å². The third kappa shape index (κ3) is 3.67. The van der Waals surface area contributed by atoms with Crippen LogP contribution in [0.3, 0.4) is 0 Å². The first-order valence-corrected chi connectivity index (χ1v) is 5.00. The number of halogens is 2. The van der Waals surface area contributed by atoms with E-state index in [0.717, 1.165) is 5.56 Å². The summed E-state index contributed by atoms with van der Waals surface area (Å²) in [6.07, 6.45) is -1.87. The molecule has 0 saturated heterocycles. The van der Waals surface area contributed by atoms with Crippen LogP contribution >= 0.6 is 0 Å². The van der Waals surface area contributed by atoms with Gasteiger partial charge in [-0.05, 0) is 24.1 Å². The van der Waals surface area contributed by atoms with Crippen LogP contribution in [0.2, 0.25) is 0 Å². The maximum Gasteiger partial charge on any atom is 0.265 e. The molecule has 1 aromatic carbocycles. The van der Waals surface area contributed by atoms with Gasteiger partial charge in [-0.1, -0.05) is 26.8 Å². The summed E-state index contributed by atoms with van der Waals surface area (Å²) < 4.78 is 24.8. The zero-order chi connectivity index (χ0) is 11.8. The van der Waals surface area contributed by atoms with Gasteiger partial charge in [-0.15, -0.1) is 0 Å². The summed E-state index contributed by atoms with van der Waals surface area (Å²) in [5, 5.41) is 8.55. The van der Waals surface area contributed by atoms with Crippen molar-refractivity contribution >= 4 is 0 Å². The van der Waals surface area contributed by atoms with Crippen molar-refractivity contribution in [2.45, 2.75) is 33.6 Å². The lowest BCUT2D eigenvalue weighted by Crippen LogP contribution is -1.92. The van der Waals surface area contributed by atoms with Crippen LogP contribution in [0, 0.1) is 11.3 Å². The highest BCUT2D eigenvalue weighted by atomic mass is 19.3. The summed E-state index contributed by atoms with van der Waals surface area (Å²) in [7, 11) is 0. The molecular formula is C12H15F2N. The Morgan fingerprint density at radius 1 is 1.33 bits per heavy atom. The smallest absolute Gasteiger partial charge is 0.205 e. The Bertz CT molecular complexity index is 340. The molecule has 1 nitrogen and oxygen atoms in total. The molecular weight excluding hydrogens is 196 g/mol. The van der Waals surface area contributed by atoms with E-state index in [-0.39, 0.29) is 11.1 Å². The molecule has 0 N–H and O–H groups in total. The SMILES string of the molecule is CC.CCc1ccc(C#N)c(C(F)F)c1. The van der Waals surface area contributed by atoms with Gasteiger partial charge in [0.2, 0.25) is 0 Å². The van der Waals surface area contributed by atoms with E-state index >= 15 is 0 Å². The first-order valence-electron chi connectivity index (χ1n) is 5.00. The van der Waals surface area contributed by atoms with Crippen molar-refractivity contribution in [1.29, 1.82) is 5.26 Å². The van der Waals surface area contributed by atoms with Gasteiger partial charge >= 0.3 is 0 Å². The van der Waals surface area contributed by atoms with Crippen LogP contribution in [0.15, 0.2) is 18.2 Å². The zero-order valence-electron chi connectivity index (χ0n) is 9.22. The molecule has 0 aromatic heterocycles. The van der Waals surface area contributed by atoms with Gasteiger partial charge in [0, 0.05) is 5.56 Å². The Balaban J connectivity index is 0.000000921. The van der Waals surface area contributed by atoms with Crippen molar-refractivity contribution in [2.24, 2.45) is 0 Å². The van der Waals surface area contributed by atoms with Gasteiger partial charge in [0.25, 0.3) is 6.43 Å². The third-order valence-corrected chi connectivity index (χ3v) is 1.88. The molecule has 0 amide bonds. The highest BCUT2D eigenvalue weighted by Crippen LogP contribution is 2.23. The number of nitrogens with zero attached hydrogens (tertiary/aromatic N) is 1. The zero-order valence-corrected chi connectivity index (χ0v) is 9.22. The molecule has 15 heavy (non-hydrogen) atoms. The van der Waals surface area contributed by atoms with Gasteiger partial charge in [0.1, 0.15) is 0 Å². The van der Waals surface area contributed by atoms with E-state index in [2.05, 4.69) is 0 Å². The van der Waals surface area contributed by atoms with Gasteiger partial charge in [-0.25, -0.2) is 8.78 Å². The van der Waals surface area contributed by atoms with Gasteiger partial charge < -0.3 is 0 Å². The van der Waals surface area contributed by atoms with Crippen molar-refractivity contribution in [3.05, 3.63) is 34.9 Å². The topological polar surface area (TPSA) is 23.8 Å². The van der Waals surface area contributed by atoms with Gasteiger partial charge in [-0.3, -0.25) is 0 Å². The van der Waals surface area contributed by atoms with Crippen LogP contribution in [0.5, 0.6) is 0 Å². The quantitative estimate of drug-likeness (QED) is 0.722. The monoisotopic (exact) mass is 211 g/mol. The van der Waals surface area contributed by atoms with E-state index in [0.29, 0.717) is 6.42 Å². The van der Waals surface area contributed by atoms with E-state index in [1.54, 1.807) is 12.1 Å².